The summed E-state index contributed by atoms with van der Waals surface area (Å²) in [6.07, 6.45) is 1.93. The Kier molecular flexibility index (Phi) is 23.5. The van der Waals surface area contributed by atoms with Crippen LogP contribution in [0.25, 0.3) is 0 Å². The van der Waals surface area contributed by atoms with E-state index in [-0.39, 0.29) is 22.1 Å². The largest absolute Gasteiger partial charge is 0.376 e. The molecule has 27 heavy (non-hydrogen) atoms. The molecule has 0 fully saturated rings. The van der Waals surface area contributed by atoms with Crippen molar-refractivity contribution in [2.24, 2.45) is 0 Å². The smallest absolute Gasteiger partial charge is 0.193 e. The lowest BCUT2D eigenvalue weighted by Crippen LogP contribution is -2.21. The second kappa shape index (κ2) is 23.0. The van der Waals surface area contributed by atoms with Crippen LogP contribution in [0.2, 0.25) is 12.1 Å². The Morgan fingerprint density at radius 1 is 0.667 bits per heavy atom. The lowest BCUT2D eigenvalue weighted by atomic mass is 10.6. The molecule has 0 rings (SSSR count). The van der Waals surface area contributed by atoms with E-state index in [0.29, 0.717) is 39.6 Å². The van der Waals surface area contributed by atoms with Gasteiger partial charge in [0.25, 0.3) is 0 Å². The van der Waals surface area contributed by atoms with Gasteiger partial charge in [-0.2, -0.15) is 0 Å². The van der Waals surface area contributed by atoms with Crippen molar-refractivity contribution in [3.8, 4) is 0 Å². The topological polar surface area (TPSA) is 55.4 Å². The molecule has 0 amide bonds. The van der Waals surface area contributed by atoms with Gasteiger partial charge in [-0.1, -0.05) is 12.1 Å². The van der Waals surface area contributed by atoms with Crippen molar-refractivity contribution in [2.75, 3.05) is 51.1 Å². The summed E-state index contributed by atoms with van der Waals surface area (Å²) in [4.78, 5) is 0. The van der Waals surface area contributed by atoms with Crippen LogP contribution in [0.4, 0.5) is 0 Å². The van der Waals surface area contributed by atoms with E-state index < -0.39 is 0 Å². The van der Waals surface area contributed by atoms with Gasteiger partial charge in [0, 0.05) is 47.5 Å². The lowest BCUT2D eigenvalue weighted by molar-refractivity contribution is -0.108. The second-order valence-electron chi connectivity index (χ2n) is 5.69. The van der Waals surface area contributed by atoms with Gasteiger partial charge in [-0.3, -0.25) is 8.37 Å². The molecule has 0 spiro atoms. The van der Waals surface area contributed by atoms with Crippen molar-refractivity contribution >= 4 is 33.6 Å². The van der Waals surface area contributed by atoms with Gasteiger partial charge >= 0.3 is 0 Å². The molecule has 2 unspecified atom stereocenters. The van der Waals surface area contributed by atoms with Crippen molar-refractivity contribution in [1.82, 2.24) is 0 Å². The van der Waals surface area contributed by atoms with Gasteiger partial charge in [-0.05, 0) is 64.6 Å². The van der Waals surface area contributed by atoms with Crippen LogP contribution >= 0.6 is 24.1 Å². The molecule has 0 aliphatic carbocycles. The highest BCUT2D eigenvalue weighted by atomic mass is 32.2. The van der Waals surface area contributed by atoms with Gasteiger partial charge in [0.05, 0.1) is 13.2 Å². The zero-order valence-corrected chi connectivity index (χ0v) is 20.7. The normalized spacial score (nSPS) is 14.2. The van der Waals surface area contributed by atoms with E-state index in [1.807, 2.05) is 27.7 Å². The van der Waals surface area contributed by atoms with Gasteiger partial charge in [-0.25, -0.2) is 0 Å². The third-order valence-corrected chi connectivity index (χ3v) is 7.04. The lowest BCUT2D eigenvalue weighted by Gasteiger charge is -2.16. The SMILES string of the molecule is CCOCC(OCC)OSCCC[SiH2]CCCSOC(COCC)OCC. The fourth-order valence-corrected chi connectivity index (χ4v) is 5.76. The molecule has 164 valence electrons. The summed E-state index contributed by atoms with van der Waals surface area (Å²) >= 11 is 3.01. The van der Waals surface area contributed by atoms with Crippen LogP contribution in [0.1, 0.15) is 40.5 Å². The molecule has 0 heterocycles. The van der Waals surface area contributed by atoms with Crippen LogP contribution in [0, 0.1) is 0 Å². The van der Waals surface area contributed by atoms with E-state index >= 15 is 0 Å². The van der Waals surface area contributed by atoms with Crippen molar-refractivity contribution < 1.29 is 27.3 Å². The standard InChI is InChI=1S/C18H40O6S2Si/c1-5-19-15-17(21-7-3)23-25-11-9-13-27-14-10-12-26-24-18(22-8-4)16-20-6-2/h17-18H,5-16,27H2,1-4H3. The minimum atomic E-state index is -0.252. The fraction of sp³-hybridized carbons (Fsp3) is 1.00. The number of ether oxygens (including phenoxy) is 4. The highest BCUT2D eigenvalue weighted by molar-refractivity contribution is 7.94. The van der Waals surface area contributed by atoms with Crippen LogP contribution in [0.3, 0.4) is 0 Å². The van der Waals surface area contributed by atoms with Gasteiger partial charge in [0.2, 0.25) is 0 Å². The summed E-state index contributed by atoms with van der Waals surface area (Å²) in [5.74, 6) is 2.04. The molecule has 0 aromatic rings. The Hall–Kier alpha value is 0.677. The molecule has 0 aliphatic rings. The fourth-order valence-electron chi connectivity index (χ4n) is 2.11. The highest BCUT2D eigenvalue weighted by Crippen LogP contribution is 2.14. The van der Waals surface area contributed by atoms with Crippen LogP contribution in [-0.2, 0) is 27.3 Å². The first-order chi connectivity index (χ1) is 13.3. The molecule has 0 aliphatic heterocycles. The summed E-state index contributed by atoms with van der Waals surface area (Å²) < 4.78 is 33.0. The Morgan fingerprint density at radius 2 is 1.11 bits per heavy atom. The average Bonchev–Trinajstić information content (AvgIpc) is 2.68. The van der Waals surface area contributed by atoms with E-state index in [9.17, 15) is 0 Å². The van der Waals surface area contributed by atoms with E-state index in [4.69, 9.17) is 27.3 Å². The number of rotatable bonds is 22. The molecular weight excluding hydrogens is 404 g/mol. The van der Waals surface area contributed by atoms with E-state index in [1.54, 1.807) is 0 Å². The quantitative estimate of drug-likeness (QED) is 0.108. The molecule has 6 nitrogen and oxygen atoms in total. The maximum Gasteiger partial charge on any atom is 0.193 e. The summed E-state index contributed by atoms with van der Waals surface area (Å²) in [7, 11) is 0.0211. The van der Waals surface area contributed by atoms with Crippen LogP contribution in [-0.4, -0.2) is 73.2 Å². The minimum absolute atomic E-state index is 0.0211. The monoisotopic (exact) mass is 444 g/mol. The Labute approximate surface area is 177 Å². The molecule has 2 atom stereocenters. The average molecular weight is 445 g/mol. The number of hydrogen-bond donors (Lipinski definition) is 0. The predicted molar refractivity (Wildman–Crippen MR) is 118 cm³/mol. The highest BCUT2D eigenvalue weighted by Gasteiger charge is 2.10. The van der Waals surface area contributed by atoms with Crippen LogP contribution < -0.4 is 0 Å². The Balaban J connectivity index is 3.43. The van der Waals surface area contributed by atoms with Crippen molar-refractivity contribution in [3.05, 3.63) is 0 Å². The Bertz CT molecular complexity index is 267. The molecule has 0 saturated heterocycles. The summed E-state index contributed by atoms with van der Waals surface area (Å²) in [6.45, 7) is 11.6. The molecular formula is C18H40O6S2Si. The number of hydrogen-bond acceptors (Lipinski definition) is 8. The summed E-state index contributed by atoms with van der Waals surface area (Å²) in [5.41, 5.74) is 0. The zero-order valence-electron chi connectivity index (χ0n) is 17.6. The third kappa shape index (κ3) is 19.8. The van der Waals surface area contributed by atoms with Crippen LogP contribution in [0.15, 0.2) is 0 Å². The van der Waals surface area contributed by atoms with Gasteiger partial charge in [0.15, 0.2) is 12.6 Å². The maximum absolute atomic E-state index is 5.66. The Morgan fingerprint density at radius 3 is 1.48 bits per heavy atom. The first-order valence-corrected chi connectivity index (χ1v) is 14.1. The molecule has 0 radical (unpaired) electrons. The van der Waals surface area contributed by atoms with E-state index in [0.717, 1.165) is 11.5 Å². The van der Waals surface area contributed by atoms with E-state index in [1.165, 1.54) is 49.0 Å². The molecule has 0 bridgehead atoms. The van der Waals surface area contributed by atoms with Gasteiger partial charge in [0.1, 0.15) is 0 Å². The predicted octanol–water partition coefficient (Wildman–Crippen LogP) is 3.90. The van der Waals surface area contributed by atoms with Crippen molar-refractivity contribution in [1.29, 1.82) is 0 Å². The molecule has 9 heteroatoms. The summed E-state index contributed by atoms with van der Waals surface area (Å²) in [5, 5.41) is 0. The van der Waals surface area contributed by atoms with Gasteiger partial charge < -0.3 is 18.9 Å². The summed E-state index contributed by atoms with van der Waals surface area (Å²) in [6, 6.07) is 2.72. The molecule has 0 N–H and O–H groups in total. The van der Waals surface area contributed by atoms with Gasteiger partial charge in [-0.15, -0.1) is 0 Å². The second-order valence-corrected chi connectivity index (χ2v) is 9.49. The zero-order chi connectivity index (χ0) is 20.0. The first kappa shape index (κ1) is 27.7. The molecule has 0 aromatic carbocycles. The van der Waals surface area contributed by atoms with E-state index in [2.05, 4.69) is 0 Å². The van der Waals surface area contributed by atoms with Crippen molar-refractivity contribution in [3.63, 3.8) is 0 Å². The third-order valence-electron chi connectivity index (χ3n) is 3.43. The van der Waals surface area contributed by atoms with Crippen molar-refractivity contribution in [2.45, 2.75) is 65.2 Å². The van der Waals surface area contributed by atoms with Crippen LogP contribution in [0.5, 0.6) is 0 Å². The maximum atomic E-state index is 5.66. The molecule has 0 aromatic heterocycles. The molecule has 0 saturated carbocycles. The first-order valence-electron chi connectivity index (χ1n) is 10.2. The minimum Gasteiger partial charge on any atom is -0.376 e.